The Morgan fingerprint density at radius 3 is 2.78 bits per heavy atom. The molecule has 0 aliphatic rings. The van der Waals surface area contributed by atoms with Crippen LogP contribution in [0.2, 0.25) is 0 Å². The second kappa shape index (κ2) is 4.13. The lowest BCUT2D eigenvalue weighted by atomic mass is 10.3. The predicted octanol–water partition coefficient (Wildman–Crippen LogP) is 0.456. The van der Waals surface area contributed by atoms with Gasteiger partial charge in [0, 0.05) is 12.1 Å². The fraction of sp³-hybridized carbons (Fsp3) is 0. The van der Waals surface area contributed by atoms with E-state index in [2.05, 4.69) is 10.3 Å². The van der Waals surface area contributed by atoms with Gasteiger partial charge in [-0.3, -0.25) is 10.1 Å². The largest absolute Gasteiger partial charge is 0.476 e. The van der Waals surface area contributed by atoms with Crippen LogP contribution in [0.15, 0.2) is 24.3 Å². The van der Waals surface area contributed by atoms with Gasteiger partial charge < -0.3 is 10.8 Å². The van der Waals surface area contributed by atoms with Gasteiger partial charge in [0.2, 0.25) is 5.69 Å². The highest BCUT2D eigenvalue weighted by Gasteiger charge is 2.18. The average molecular weight is 249 g/mol. The minimum Gasteiger partial charge on any atom is -0.476 e. The van der Waals surface area contributed by atoms with Crippen molar-refractivity contribution in [3.05, 3.63) is 40.1 Å². The summed E-state index contributed by atoms with van der Waals surface area (Å²) in [6, 6.07) is 5.46. The maximum atomic E-state index is 10.7. The number of rotatable bonds is 3. The molecule has 0 amide bonds. The second-order valence-corrected chi connectivity index (χ2v) is 3.32. The van der Waals surface area contributed by atoms with Crippen LogP contribution in [-0.2, 0) is 0 Å². The number of nitro benzene ring substituents is 1. The zero-order chi connectivity index (χ0) is 13.3. The van der Waals surface area contributed by atoms with Crippen molar-refractivity contribution in [3.8, 4) is 5.69 Å². The minimum atomic E-state index is -1.32. The first-order valence-corrected chi connectivity index (χ1v) is 4.70. The number of carboxylic acids is 1. The Morgan fingerprint density at radius 2 is 2.22 bits per heavy atom. The summed E-state index contributed by atoms with van der Waals surface area (Å²) in [5, 5.41) is 26.3. The Morgan fingerprint density at radius 1 is 1.50 bits per heavy atom. The molecule has 0 saturated heterocycles. The fourth-order valence-corrected chi connectivity index (χ4v) is 1.37. The summed E-state index contributed by atoms with van der Waals surface area (Å²) in [6.07, 6.45) is 0. The summed E-state index contributed by atoms with van der Waals surface area (Å²) in [7, 11) is 0. The van der Waals surface area contributed by atoms with Crippen LogP contribution < -0.4 is 5.73 Å². The van der Waals surface area contributed by atoms with Gasteiger partial charge in [0.25, 0.3) is 5.69 Å². The zero-order valence-corrected chi connectivity index (χ0v) is 8.85. The number of hydrogen-bond acceptors (Lipinski definition) is 6. The van der Waals surface area contributed by atoms with Gasteiger partial charge in [-0.15, -0.1) is 5.10 Å². The van der Waals surface area contributed by atoms with Crippen molar-refractivity contribution in [2.45, 2.75) is 0 Å². The van der Waals surface area contributed by atoms with E-state index in [1.54, 1.807) is 0 Å². The van der Waals surface area contributed by atoms with E-state index in [0.29, 0.717) is 0 Å². The maximum absolute atomic E-state index is 10.7. The number of carbonyl (C=O) groups is 1. The summed E-state index contributed by atoms with van der Waals surface area (Å²) < 4.78 is 1.02. The molecule has 0 atom stereocenters. The molecular weight excluding hydrogens is 242 g/mol. The third-order valence-electron chi connectivity index (χ3n) is 2.19. The van der Waals surface area contributed by atoms with E-state index in [0.717, 1.165) is 4.68 Å². The van der Waals surface area contributed by atoms with E-state index in [-0.39, 0.29) is 17.2 Å². The molecule has 0 spiro atoms. The highest BCUT2D eigenvalue weighted by molar-refractivity contribution is 5.90. The topological polar surface area (TPSA) is 137 Å². The van der Waals surface area contributed by atoms with Crippen LogP contribution in [0.4, 0.5) is 11.5 Å². The Labute approximate surface area is 99.6 Å². The number of nitrogens with two attached hydrogens (primary N) is 1. The van der Waals surface area contributed by atoms with Crippen LogP contribution in [0.3, 0.4) is 0 Å². The molecule has 0 unspecified atom stereocenters. The SMILES string of the molecule is Nc1c(C(=O)O)nnn1-c1cccc([N+](=O)[O-])c1. The molecule has 0 aliphatic heterocycles. The van der Waals surface area contributed by atoms with Gasteiger partial charge in [-0.25, -0.2) is 4.79 Å². The first-order valence-electron chi connectivity index (χ1n) is 4.70. The molecular formula is C9H7N5O4. The third kappa shape index (κ3) is 1.84. The number of nitro groups is 1. The van der Waals surface area contributed by atoms with E-state index >= 15 is 0 Å². The molecule has 2 rings (SSSR count). The summed E-state index contributed by atoms with van der Waals surface area (Å²) in [4.78, 5) is 20.8. The molecule has 9 heteroatoms. The highest BCUT2D eigenvalue weighted by Crippen LogP contribution is 2.19. The molecule has 9 nitrogen and oxygen atoms in total. The van der Waals surface area contributed by atoms with Crippen molar-refractivity contribution in [2.75, 3.05) is 5.73 Å². The summed E-state index contributed by atoms with van der Waals surface area (Å²) in [5.41, 5.74) is 5.26. The molecule has 0 radical (unpaired) electrons. The van der Waals surface area contributed by atoms with E-state index < -0.39 is 16.6 Å². The number of nitrogens with zero attached hydrogens (tertiary/aromatic N) is 4. The van der Waals surface area contributed by atoms with Crippen molar-refractivity contribution < 1.29 is 14.8 Å². The monoisotopic (exact) mass is 249 g/mol. The van der Waals surface area contributed by atoms with Crippen LogP contribution in [-0.4, -0.2) is 31.0 Å². The molecule has 1 aromatic carbocycles. The molecule has 0 aliphatic carbocycles. The first-order chi connectivity index (χ1) is 8.50. The first kappa shape index (κ1) is 11.5. The highest BCUT2D eigenvalue weighted by atomic mass is 16.6. The lowest BCUT2D eigenvalue weighted by Crippen LogP contribution is -2.06. The maximum Gasteiger partial charge on any atom is 0.360 e. The minimum absolute atomic E-state index is 0.153. The zero-order valence-electron chi connectivity index (χ0n) is 8.85. The van der Waals surface area contributed by atoms with Crippen LogP contribution in [0.5, 0.6) is 0 Å². The van der Waals surface area contributed by atoms with E-state index in [1.165, 1.54) is 24.3 Å². The number of non-ortho nitro benzene ring substituents is 1. The second-order valence-electron chi connectivity index (χ2n) is 3.32. The van der Waals surface area contributed by atoms with Crippen molar-refractivity contribution in [1.82, 2.24) is 15.0 Å². The van der Waals surface area contributed by atoms with Crippen molar-refractivity contribution in [1.29, 1.82) is 0 Å². The summed E-state index contributed by atoms with van der Waals surface area (Å²) in [6.45, 7) is 0. The van der Waals surface area contributed by atoms with Gasteiger partial charge in [0.05, 0.1) is 10.6 Å². The van der Waals surface area contributed by atoms with Gasteiger partial charge in [-0.2, -0.15) is 4.68 Å². The van der Waals surface area contributed by atoms with Crippen LogP contribution >= 0.6 is 0 Å². The van der Waals surface area contributed by atoms with Gasteiger partial charge >= 0.3 is 5.97 Å². The van der Waals surface area contributed by atoms with Gasteiger partial charge in [-0.05, 0) is 6.07 Å². The predicted molar refractivity (Wildman–Crippen MR) is 59.4 cm³/mol. The van der Waals surface area contributed by atoms with Crippen molar-refractivity contribution in [2.24, 2.45) is 0 Å². The molecule has 0 fully saturated rings. The molecule has 0 saturated carbocycles. The standard InChI is InChI=1S/C9H7N5O4/c10-8-7(9(15)16)11-12-13(8)5-2-1-3-6(4-5)14(17)18/h1-4H,10H2,(H,15,16). The quantitative estimate of drug-likeness (QED) is 0.595. The van der Waals surface area contributed by atoms with Gasteiger partial charge in [-0.1, -0.05) is 11.3 Å². The lowest BCUT2D eigenvalue weighted by molar-refractivity contribution is -0.384. The van der Waals surface area contributed by atoms with Crippen molar-refractivity contribution >= 4 is 17.5 Å². The Balaban J connectivity index is 2.52. The number of hydrogen-bond donors (Lipinski definition) is 2. The third-order valence-corrected chi connectivity index (χ3v) is 2.19. The summed E-state index contributed by atoms with van der Waals surface area (Å²) in [5.74, 6) is -1.51. The summed E-state index contributed by atoms with van der Waals surface area (Å²) >= 11 is 0. The molecule has 1 aromatic heterocycles. The molecule has 92 valence electrons. The fourth-order valence-electron chi connectivity index (χ4n) is 1.37. The average Bonchev–Trinajstić information content (AvgIpc) is 2.71. The van der Waals surface area contributed by atoms with E-state index in [4.69, 9.17) is 10.8 Å². The van der Waals surface area contributed by atoms with Crippen LogP contribution in [0.25, 0.3) is 5.69 Å². The number of anilines is 1. The Kier molecular flexibility index (Phi) is 2.64. The normalized spacial score (nSPS) is 10.2. The number of aromatic carboxylic acids is 1. The van der Waals surface area contributed by atoms with Crippen LogP contribution in [0, 0.1) is 10.1 Å². The van der Waals surface area contributed by atoms with Crippen LogP contribution in [0.1, 0.15) is 10.5 Å². The molecule has 1 heterocycles. The van der Waals surface area contributed by atoms with Gasteiger partial charge in [0.1, 0.15) is 0 Å². The molecule has 3 N–H and O–H groups in total. The lowest BCUT2D eigenvalue weighted by Gasteiger charge is -2.02. The number of nitrogen functional groups attached to an aromatic ring is 1. The molecule has 0 bridgehead atoms. The number of benzene rings is 1. The van der Waals surface area contributed by atoms with Gasteiger partial charge in [0.15, 0.2) is 5.82 Å². The molecule has 18 heavy (non-hydrogen) atoms. The smallest absolute Gasteiger partial charge is 0.360 e. The molecule has 2 aromatic rings. The van der Waals surface area contributed by atoms with E-state index in [9.17, 15) is 14.9 Å². The Hall–Kier alpha value is -2.97. The number of carboxylic acid groups (broad SMARTS) is 1. The van der Waals surface area contributed by atoms with Crippen molar-refractivity contribution in [3.63, 3.8) is 0 Å². The van der Waals surface area contributed by atoms with E-state index in [1.807, 2.05) is 0 Å². The Bertz CT molecular complexity index is 636. The number of aromatic nitrogens is 3.